The average Bonchev–Trinajstić information content (AvgIpc) is 2.82. The highest BCUT2D eigenvalue weighted by atomic mass is 16.2. The third kappa shape index (κ3) is 6.06. The van der Waals surface area contributed by atoms with Crippen LogP contribution in [0.5, 0.6) is 0 Å². The van der Waals surface area contributed by atoms with E-state index >= 15 is 0 Å². The van der Waals surface area contributed by atoms with Crippen molar-refractivity contribution in [1.29, 1.82) is 0 Å². The number of carbonyl (C=O) groups excluding carboxylic acids is 1. The Hall–Kier alpha value is -3.03. The highest BCUT2D eigenvalue weighted by Gasteiger charge is 2.23. The second kappa shape index (κ2) is 10.7. The first kappa shape index (κ1) is 23.1. The number of aromatic nitrogens is 2. The number of piperazine rings is 1. The van der Waals surface area contributed by atoms with Gasteiger partial charge in [-0.1, -0.05) is 29.8 Å². The van der Waals surface area contributed by atoms with Gasteiger partial charge in [0.25, 0.3) is 5.91 Å². The van der Waals surface area contributed by atoms with E-state index in [0.29, 0.717) is 6.54 Å². The highest BCUT2D eigenvalue weighted by molar-refractivity contribution is 5.94. The van der Waals surface area contributed by atoms with Crippen LogP contribution in [0.2, 0.25) is 0 Å². The van der Waals surface area contributed by atoms with E-state index in [1.165, 1.54) is 5.56 Å². The van der Waals surface area contributed by atoms with Crippen molar-refractivity contribution in [2.24, 2.45) is 0 Å². The molecule has 3 aromatic rings. The van der Waals surface area contributed by atoms with Crippen molar-refractivity contribution in [2.45, 2.75) is 19.9 Å². The third-order valence-electron chi connectivity index (χ3n) is 6.05. The first-order valence-electron chi connectivity index (χ1n) is 11.7. The molecule has 4 rings (SSSR count). The van der Waals surface area contributed by atoms with Crippen LogP contribution >= 0.6 is 0 Å². The Morgan fingerprint density at radius 3 is 2.45 bits per heavy atom. The molecule has 1 N–H and O–H groups in total. The van der Waals surface area contributed by atoms with Crippen LogP contribution in [0.25, 0.3) is 10.9 Å². The van der Waals surface area contributed by atoms with Gasteiger partial charge in [0.05, 0.1) is 12.1 Å². The van der Waals surface area contributed by atoms with E-state index in [2.05, 4.69) is 35.3 Å². The molecule has 0 spiro atoms. The second-order valence-electron chi connectivity index (χ2n) is 9.02. The fraction of sp³-hybridized carbons (Fsp3) is 0.423. The fourth-order valence-corrected chi connectivity index (χ4v) is 4.12. The molecule has 1 aromatic heterocycles. The summed E-state index contributed by atoms with van der Waals surface area (Å²) >= 11 is 0. The summed E-state index contributed by atoms with van der Waals surface area (Å²) < 4.78 is 0. The van der Waals surface area contributed by atoms with Crippen molar-refractivity contribution >= 4 is 22.6 Å². The van der Waals surface area contributed by atoms with Crippen LogP contribution in [0.4, 0.5) is 5.82 Å². The van der Waals surface area contributed by atoms with Gasteiger partial charge in [0, 0.05) is 43.7 Å². The molecule has 33 heavy (non-hydrogen) atoms. The monoisotopic (exact) mass is 446 g/mol. The van der Waals surface area contributed by atoms with Gasteiger partial charge in [0.15, 0.2) is 0 Å². The number of rotatable bonds is 8. The van der Waals surface area contributed by atoms with Crippen LogP contribution in [-0.2, 0) is 6.54 Å². The predicted molar refractivity (Wildman–Crippen MR) is 134 cm³/mol. The maximum absolute atomic E-state index is 12.8. The Labute approximate surface area is 196 Å². The molecule has 0 aliphatic carbocycles. The normalized spacial score (nSPS) is 14.7. The van der Waals surface area contributed by atoms with Gasteiger partial charge in [0.1, 0.15) is 11.6 Å². The van der Waals surface area contributed by atoms with Gasteiger partial charge in [-0.2, -0.15) is 0 Å². The molecule has 174 valence electrons. The molecule has 1 fully saturated rings. The Morgan fingerprint density at radius 2 is 1.73 bits per heavy atom. The van der Waals surface area contributed by atoms with Crippen molar-refractivity contribution < 1.29 is 4.79 Å². The lowest BCUT2D eigenvalue weighted by molar-refractivity contribution is 0.0625. The molecule has 0 unspecified atom stereocenters. The Kier molecular flexibility index (Phi) is 7.52. The standard InChI is InChI=1S/C26H34N6O/c1-20-9-11-21(12-10-20)26(33)32-17-15-31(16-18-32)19-24-28-23-8-5-4-7-22(23)25(29-24)27-13-6-14-30(2)3/h4-5,7-12H,6,13-19H2,1-3H3,(H,27,28,29). The lowest BCUT2D eigenvalue weighted by Crippen LogP contribution is -2.48. The average molecular weight is 447 g/mol. The summed E-state index contributed by atoms with van der Waals surface area (Å²) in [5.41, 5.74) is 2.89. The van der Waals surface area contributed by atoms with E-state index in [0.717, 1.165) is 73.8 Å². The zero-order valence-electron chi connectivity index (χ0n) is 19.9. The van der Waals surface area contributed by atoms with Crippen molar-refractivity contribution in [3.8, 4) is 0 Å². The summed E-state index contributed by atoms with van der Waals surface area (Å²) in [6.45, 7) is 7.70. The number of hydrogen-bond donors (Lipinski definition) is 1. The molecule has 1 aliphatic rings. The fourth-order valence-electron chi connectivity index (χ4n) is 4.12. The van der Waals surface area contributed by atoms with Crippen molar-refractivity contribution in [1.82, 2.24) is 24.7 Å². The van der Waals surface area contributed by atoms with Gasteiger partial charge in [-0.3, -0.25) is 9.69 Å². The van der Waals surface area contributed by atoms with Crippen LogP contribution in [0.3, 0.4) is 0 Å². The number of anilines is 1. The van der Waals surface area contributed by atoms with E-state index < -0.39 is 0 Å². The molecule has 7 heteroatoms. The molecule has 2 heterocycles. The van der Waals surface area contributed by atoms with Crippen molar-refractivity contribution in [3.05, 3.63) is 65.5 Å². The molecule has 1 saturated heterocycles. The molecule has 1 aliphatic heterocycles. The first-order valence-corrected chi connectivity index (χ1v) is 11.7. The number of fused-ring (bicyclic) bond motifs is 1. The van der Waals surface area contributed by atoms with E-state index in [9.17, 15) is 4.79 Å². The predicted octanol–water partition coefficient (Wildman–Crippen LogP) is 3.26. The molecular weight excluding hydrogens is 412 g/mol. The summed E-state index contributed by atoms with van der Waals surface area (Å²) in [5, 5.41) is 4.57. The van der Waals surface area contributed by atoms with E-state index in [4.69, 9.17) is 9.97 Å². The first-order chi connectivity index (χ1) is 16.0. The summed E-state index contributed by atoms with van der Waals surface area (Å²) in [4.78, 5) is 28.9. The maximum atomic E-state index is 12.8. The summed E-state index contributed by atoms with van der Waals surface area (Å²) in [6, 6.07) is 16.0. The molecule has 0 radical (unpaired) electrons. The number of benzene rings is 2. The molecule has 2 aromatic carbocycles. The lowest BCUT2D eigenvalue weighted by Gasteiger charge is -2.34. The van der Waals surface area contributed by atoms with Crippen LogP contribution < -0.4 is 5.32 Å². The number of aryl methyl sites for hydroxylation is 1. The van der Waals surface area contributed by atoms with Crippen molar-refractivity contribution in [2.75, 3.05) is 58.7 Å². The van der Waals surface area contributed by atoms with Crippen LogP contribution in [-0.4, -0.2) is 83.9 Å². The van der Waals surface area contributed by atoms with Gasteiger partial charge in [0.2, 0.25) is 0 Å². The number of nitrogens with one attached hydrogen (secondary N) is 1. The van der Waals surface area contributed by atoms with E-state index in [-0.39, 0.29) is 5.91 Å². The zero-order valence-corrected chi connectivity index (χ0v) is 19.9. The largest absolute Gasteiger partial charge is 0.369 e. The van der Waals surface area contributed by atoms with Gasteiger partial charge in [-0.05, 0) is 58.3 Å². The topological polar surface area (TPSA) is 64.6 Å². The van der Waals surface area contributed by atoms with Gasteiger partial charge < -0.3 is 15.1 Å². The minimum Gasteiger partial charge on any atom is -0.369 e. The highest BCUT2D eigenvalue weighted by Crippen LogP contribution is 2.21. The van der Waals surface area contributed by atoms with Gasteiger partial charge >= 0.3 is 0 Å². The van der Waals surface area contributed by atoms with Gasteiger partial charge in [-0.25, -0.2) is 9.97 Å². The summed E-state index contributed by atoms with van der Waals surface area (Å²) in [7, 11) is 4.18. The van der Waals surface area contributed by atoms with Crippen molar-refractivity contribution in [3.63, 3.8) is 0 Å². The number of para-hydroxylation sites is 1. The number of hydrogen-bond acceptors (Lipinski definition) is 6. The molecule has 0 bridgehead atoms. The van der Waals surface area contributed by atoms with Gasteiger partial charge in [-0.15, -0.1) is 0 Å². The Balaban J connectivity index is 1.38. The quantitative estimate of drug-likeness (QED) is 0.536. The molecular formula is C26H34N6O. The Morgan fingerprint density at radius 1 is 1.00 bits per heavy atom. The molecule has 1 amide bonds. The maximum Gasteiger partial charge on any atom is 0.253 e. The smallest absolute Gasteiger partial charge is 0.253 e. The SMILES string of the molecule is Cc1ccc(C(=O)N2CCN(Cc3nc(NCCCN(C)C)c4ccccc4n3)CC2)cc1. The van der Waals surface area contributed by atoms with E-state index in [1.54, 1.807) is 0 Å². The minimum atomic E-state index is 0.112. The molecule has 7 nitrogen and oxygen atoms in total. The van der Waals surface area contributed by atoms with Crippen LogP contribution in [0.1, 0.15) is 28.2 Å². The number of amides is 1. The Bertz CT molecular complexity index is 1070. The summed E-state index contributed by atoms with van der Waals surface area (Å²) in [5.74, 6) is 1.84. The number of carbonyl (C=O) groups is 1. The van der Waals surface area contributed by atoms with E-state index in [1.807, 2.05) is 54.3 Å². The summed E-state index contributed by atoms with van der Waals surface area (Å²) in [6.07, 6.45) is 1.05. The molecule has 0 saturated carbocycles. The second-order valence-corrected chi connectivity index (χ2v) is 9.02. The lowest BCUT2D eigenvalue weighted by atomic mass is 10.1. The third-order valence-corrected chi connectivity index (χ3v) is 6.05. The zero-order chi connectivity index (χ0) is 23.2. The van der Waals surface area contributed by atoms with Crippen LogP contribution in [0, 0.1) is 6.92 Å². The van der Waals surface area contributed by atoms with Crippen LogP contribution in [0.15, 0.2) is 48.5 Å². The number of nitrogens with zero attached hydrogens (tertiary/aromatic N) is 5. The minimum absolute atomic E-state index is 0.112. The molecule has 0 atom stereocenters.